The van der Waals surface area contributed by atoms with Crippen LogP contribution in [0.25, 0.3) is 0 Å². The first kappa shape index (κ1) is 25.5. The number of rotatable bonds is 8. The van der Waals surface area contributed by atoms with Gasteiger partial charge in [0, 0.05) is 31.1 Å². The number of nitrogens with zero attached hydrogens (tertiary/aromatic N) is 2. The van der Waals surface area contributed by atoms with E-state index in [4.69, 9.17) is 21.1 Å². The molecule has 0 aromatic heterocycles. The molecule has 6 nitrogen and oxygen atoms in total. The molecule has 0 bridgehead atoms. The smallest absolute Gasteiger partial charge is 0.225 e. The van der Waals surface area contributed by atoms with Crippen LogP contribution in [0.5, 0.6) is 5.75 Å². The highest BCUT2D eigenvalue weighted by Crippen LogP contribution is 2.28. The van der Waals surface area contributed by atoms with E-state index in [-0.39, 0.29) is 24.8 Å². The number of likely N-dealkylation sites (tertiary alicyclic amines) is 1. The SMILES string of the molecule is Cc1cc(OC[C@@]2(CC(=O)N3CCCCC3)CN(C(=O)CCc3ccccc3)CCO2)ccc1Cl. The molecule has 4 rings (SSSR count). The Morgan fingerprint density at radius 2 is 1.77 bits per heavy atom. The van der Waals surface area contributed by atoms with Gasteiger partial charge in [0.2, 0.25) is 11.8 Å². The Bertz CT molecular complexity index is 1010. The van der Waals surface area contributed by atoms with Crippen LogP contribution in [0.1, 0.15) is 43.2 Å². The average molecular weight is 499 g/mol. The fourth-order valence-electron chi connectivity index (χ4n) is 4.81. The number of carbonyl (C=O) groups excluding carboxylic acids is 2. The van der Waals surface area contributed by atoms with Gasteiger partial charge in [-0.25, -0.2) is 0 Å². The topological polar surface area (TPSA) is 59.1 Å². The summed E-state index contributed by atoms with van der Waals surface area (Å²) < 4.78 is 12.4. The maximum atomic E-state index is 13.2. The summed E-state index contributed by atoms with van der Waals surface area (Å²) in [7, 11) is 0. The molecule has 2 aromatic carbocycles. The first-order chi connectivity index (χ1) is 16.9. The lowest BCUT2D eigenvalue weighted by atomic mass is 9.95. The van der Waals surface area contributed by atoms with E-state index in [9.17, 15) is 9.59 Å². The molecule has 7 heteroatoms. The number of hydrogen-bond acceptors (Lipinski definition) is 4. The Morgan fingerprint density at radius 3 is 2.51 bits per heavy atom. The first-order valence-electron chi connectivity index (χ1n) is 12.6. The molecule has 2 aliphatic rings. The van der Waals surface area contributed by atoms with Crippen LogP contribution in [0.3, 0.4) is 0 Å². The van der Waals surface area contributed by atoms with Crippen LogP contribution in [0.4, 0.5) is 0 Å². The number of ether oxygens (including phenoxy) is 2. The minimum Gasteiger partial charge on any atom is -0.490 e. The van der Waals surface area contributed by atoms with Gasteiger partial charge in [-0.1, -0.05) is 41.9 Å². The molecule has 2 saturated heterocycles. The summed E-state index contributed by atoms with van der Waals surface area (Å²) in [6.45, 7) is 4.93. The summed E-state index contributed by atoms with van der Waals surface area (Å²) in [6.07, 6.45) is 4.54. The highest BCUT2D eigenvalue weighted by Gasteiger charge is 2.42. The van der Waals surface area contributed by atoms with Crippen molar-refractivity contribution >= 4 is 23.4 Å². The van der Waals surface area contributed by atoms with E-state index in [1.54, 1.807) is 6.07 Å². The van der Waals surface area contributed by atoms with Gasteiger partial charge in [0.25, 0.3) is 0 Å². The molecule has 2 aromatic rings. The molecule has 2 aliphatic heterocycles. The minimum atomic E-state index is -0.886. The molecule has 2 heterocycles. The summed E-state index contributed by atoms with van der Waals surface area (Å²) in [6, 6.07) is 15.5. The largest absolute Gasteiger partial charge is 0.490 e. The minimum absolute atomic E-state index is 0.0687. The van der Waals surface area contributed by atoms with Crippen LogP contribution in [0.2, 0.25) is 5.02 Å². The van der Waals surface area contributed by atoms with Crippen molar-refractivity contribution in [1.82, 2.24) is 9.80 Å². The number of benzene rings is 2. The zero-order valence-electron chi connectivity index (χ0n) is 20.5. The summed E-state index contributed by atoms with van der Waals surface area (Å²) in [5.41, 5.74) is 1.18. The summed E-state index contributed by atoms with van der Waals surface area (Å²) in [5, 5.41) is 0.677. The number of halogens is 1. The van der Waals surface area contributed by atoms with Gasteiger partial charge in [0.05, 0.1) is 19.6 Å². The average Bonchev–Trinajstić information content (AvgIpc) is 2.89. The Labute approximate surface area is 213 Å². The molecule has 0 radical (unpaired) electrons. The number of morpholine rings is 1. The molecule has 35 heavy (non-hydrogen) atoms. The van der Waals surface area contributed by atoms with E-state index in [0.717, 1.165) is 43.5 Å². The zero-order chi connectivity index (χ0) is 24.7. The lowest BCUT2D eigenvalue weighted by Crippen LogP contribution is -2.58. The predicted octanol–water partition coefficient (Wildman–Crippen LogP) is 4.66. The molecule has 2 fully saturated rings. The van der Waals surface area contributed by atoms with E-state index in [0.29, 0.717) is 43.3 Å². The Morgan fingerprint density at radius 1 is 1.00 bits per heavy atom. The molecular formula is C28H35ClN2O4. The fourth-order valence-corrected chi connectivity index (χ4v) is 4.93. The van der Waals surface area contributed by atoms with E-state index in [1.165, 1.54) is 0 Å². The molecule has 0 unspecified atom stereocenters. The Balaban J connectivity index is 1.46. The van der Waals surface area contributed by atoms with E-state index < -0.39 is 5.60 Å². The number of carbonyl (C=O) groups is 2. The van der Waals surface area contributed by atoms with Gasteiger partial charge in [-0.3, -0.25) is 9.59 Å². The summed E-state index contributed by atoms with van der Waals surface area (Å²) >= 11 is 6.17. The van der Waals surface area contributed by atoms with Crippen molar-refractivity contribution in [3.05, 3.63) is 64.7 Å². The van der Waals surface area contributed by atoms with Crippen LogP contribution in [-0.4, -0.2) is 66.6 Å². The molecule has 0 aliphatic carbocycles. The van der Waals surface area contributed by atoms with Gasteiger partial charge in [-0.15, -0.1) is 0 Å². The number of hydrogen-bond donors (Lipinski definition) is 0. The zero-order valence-corrected chi connectivity index (χ0v) is 21.3. The van der Waals surface area contributed by atoms with Crippen molar-refractivity contribution in [3.63, 3.8) is 0 Å². The van der Waals surface area contributed by atoms with Crippen molar-refractivity contribution < 1.29 is 19.1 Å². The van der Waals surface area contributed by atoms with E-state index in [1.807, 2.05) is 59.2 Å². The standard InChI is InChI=1S/C28H35ClN2O4/c1-22-18-24(11-12-25(22)29)34-21-28(19-27(33)30-14-6-3-7-15-30)20-31(16-17-35-28)26(32)13-10-23-8-4-2-5-9-23/h2,4-5,8-9,11-12,18H,3,6-7,10,13-17,19-21H2,1H3/t28-/m1/s1. The molecule has 0 spiro atoms. The van der Waals surface area contributed by atoms with Gasteiger partial charge in [0.15, 0.2) is 0 Å². The maximum Gasteiger partial charge on any atom is 0.225 e. The third kappa shape index (κ3) is 6.98. The molecule has 0 N–H and O–H groups in total. The van der Waals surface area contributed by atoms with Crippen LogP contribution >= 0.6 is 11.6 Å². The molecular weight excluding hydrogens is 464 g/mol. The van der Waals surface area contributed by atoms with Crippen LogP contribution in [-0.2, 0) is 20.7 Å². The number of aryl methyl sites for hydroxylation is 2. The van der Waals surface area contributed by atoms with Crippen molar-refractivity contribution in [1.29, 1.82) is 0 Å². The number of amides is 2. The Kier molecular flexibility index (Phi) is 8.69. The third-order valence-corrected chi connectivity index (χ3v) is 7.31. The van der Waals surface area contributed by atoms with Crippen molar-refractivity contribution in [2.75, 3.05) is 39.4 Å². The number of piperidine rings is 1. The van der Waals surface area contributed by atoms with Gasteiger partial charge in [-0.2, -0.15) is 0 Å². The maximum absolute atomic E-state index is 13.2. The summed E-state index contributed by atoms with van der Waals surface area (Å²) in [5.74, 6) is 0.821. The molecule has 1 atom stereocenters. The normalized spacial score (nSPS) is 20.5. The molecule has 2 amide bonds. The monoisotopic (exact) mass is 498 g/mol. The quantitative estimate of drug-likeness (QED) is 0.531. The van der Waals surface area contributed by atoms with Gasteiger partial charge in [-0.05, 0) is 61.9 Å². The van der Waals surface area contributed by atoms with Gasteiger partial charge in [0.1, 0.15) is 18.0 Å². The second-order valence-electron chi connectivity index (χ2n) is 9.65. The van der Waals surface area contributed by atoms with Crippen molar-refractivity contribution in [2.45, 2.75) is 51.0 Å². The predicted molar refractivity (Wildman–Crippen MR) is 137 cm³/mol. The lowest BCUT2D eigenvalue weighted by Gasteiger charge is -2.43. The first-order valence-corrected chi connectivity index (χ1v) is 12.9. The summed E-state index contributed by atoms with van der Waals surface area (Å²) in [4.78, 5) is 30.1. The van der Waals surface area contributed by atoms with Gasteiger partial charge >= 0.3 is 0 Å². The highest BCUT2D eigenvalue weighted by atomic mass is 35.5. The van der Waals surface area contributed by atoms with E-state index >= 15 is 0 Å². The fraction of sp³-hybridized carbons (Fsp3) is 0.500. The Hall–Kier alpha value is -2.57. The van der Waals surface area contributed by atoms with Crippen LogP contribution in [0.15, 0.2) is 48.5 Å². The second kappa shape index (κ2) is 11.9. The van der Waals surface area contributed by atoms with Gasteiger partial charge < -0.3 is 19.3 Å². The van der Waals surface area contributed by atoms with Crippen molar-refractivity contribution in [2.24, 2.45) is 0 Å². The third-order valence-electron chi connectivity index (χ3n) is 6.88. The van der Waals surface area contributed by atoms with Crippen LogP contribution in [0, 0.1) is 6.92 Å². The lowest BCUT2D eigenvalue weighted by molar-refractivity contribution is -0.166. The van der Waals surface area contributed by atoms with E-state index in [2.05, 4.69) is 0 Å². The highest BCUT2D eigenvalue weighted by molar-refractivity contribution is 6.31. The van der Waals surface area contributed by atoms with Crippen molar-refractivity contribution in [3.8, 4) is 5.75 Å². The van der Waals surface area contributed by atoms with Crippen LogP contribution < -0.4 is 4.74 Å². The second-order valence-corrected chi connectivity index (χ2v) is 10.1. The molecule has 188 valence electrons. The molecule has 0 saturated carbocycles.